The van der Waals surface area contributed by atoms with Crippen molar-refractivity contribution >= 4 is 23.2 Å². The highest BCUT2D eigenvalue weighted by Crippen LogP contribution is 2.32. The number of nitrogens with one attached hydrogen (secondary N) is 1. The van der Waals surface area contributed by atoms with Gasteiger partial charge in [0.15, 0.2) is 0 Å². The maximum atomic E-state index is 11.2. The van der Waals surface area contributed by atoms with Gasteiger partial charge in [0.05, 0.1) is 11.6 Å². The van der Waals surface area contributed by atoms with Crippen molar-refractivity contribution in [2.45, 2.75) is 113 Å². The van der Waals surface area contributed by atoms with Crippen molar-refractivity contribution in [3.63, 3.8) is 0 Å². The third-order valence-electron chi connectivity index (χ3n) is 6.42. The summed E-state index contributed by atoms with van der Waals surface area (Å²) in [6, 6.07) is 15.4. The van der Waals surface area contributed by atoms with Crippen LogP contribution in [0.2, 0.25) is 0 Å². The average Bonchev–Trinajstić information content (AvgIpc) is 2.93. The molecule has 0 aromatic heterocycles. The minimum atomic E-state index is -0.566. The summed E-state index contributed by atoms with van der Waals surface area (Å²) in [5.41, 5.74) is 11.4. The Morgan fingerprint density at radius 2 is 1.47 bits per heavy atom. The molecule has 238 valence electrons. The maximum absolute atomic E-state index is 11.2. The number of nitrogens with two attached hydrogens (primary N) is 1. The number of urea groups is 1. The van der Waals surface area contributed by atoms with Crippen LogP contribution in [0, 0.1) is 23.7 Å². The number of hydrogen-bond acceptors (Lipinski definition) is 4. The summed E-state index contributed by atoms with van der Waals surface area (Å²) >= 11 is 0. The van der Waals surface area contributed by atoms with Crippen molar-refractivity contribution in [3.8, 4) is 6.07 Å². The number of carbonyl (C=O) groups excluding carboxylic acids is 2. The Labute approximate surface area is 262 Å². The number of unbranched alkanes of at least 4 members (excludes halogenated alkanes) is 4. The second kappa shape index (κ2) is 21.2. The van der Waals surface area contributed by atoms with Crippen LogP contribution < -0.4 is 11.1 Å². The van der Waals surface area contributed by atoms with Gasteiger partial charge in [-0.3, -0.25) is 0 Å². The van der Waals surface area contributed by atoms with Crippen LogP contribution in [0.15, 0.2) is 49.0 Å². The minimum Gasteiger partial charge on any atom is -0.371 e. The standard InChI is InChI=1S/C22H24N4O.C7H16.C5H12.C3H6O/c1-15-3-6-20(13-21(15)25-22(24)27)16(2)26-11-9-19(10-12-26)18-7-4-17(14-23)5-8-18;1-3-5-7-6-4-2;1-5(2,3)4;1-3(2)4/h3-8,13,19H,2,9-12H2,1H3,(H3,24,25,27);3-7H2,1-2H3;1-4H3;1-2H3. The molecule has 43 heavy (non-hydrogen) atoms. The molecule has 0 aliphatic carbocycles. The van der Waals surface area contributed by atoms with Gasteiger partial charge in [-0.05, 0) is 79.8 Å². The van der Waals surface area contributed by atoms with Crippen LogP contribution in [-0.2, 0) is 4.79 Å². The summed E-state index contributed by atoms with van der Waals surface area (Å²) in [4.78, 5) is 22.9. The lowest BCUT2D eigenvalue weighted by Crippen LogP contribution is -2.31. The molecule has 6 heteroatoms. The number of ketones is 1. The molecule has 2 aromatic carbocycles. The summed E-state index contributed by atoms with van der Waals surface area (Å²) in [7, 11) is 0. The maximum Gasteiger partial charge on any atom is 0.316 e. The van der Waals surface area contributed by atoms with Crippen LogP contribution in [0.4, 0.5) is 10.5 Å². The van der Waals surface area contributed by atoms with E-state index in [0.717, 1.165) is 42.8 Å². The van der Waals surface area contributed by atoms with E-state index in [-0.39, 0.29) is 5.78 Å². The first kappa shape index (κ1) is 39.4. The number of amides is 2. The number of aryl methyl sites for hydroxylation is 1. The summed E-state index contributed by atoms with van der Waals surface area (Å²) in [6.45, 7) is 24.3. The zero-order chi connectivity index (χ0) is 33.0. The van der Waals surface area contributed by atoms with Gasteiger partial charge in [0, 0.05) is 24.5 Å². The van der Waals surface area contributed by atoms with Crippen LogP contribution in [0.25, 0.3) is 5.70 Å². The lowest BCUT2D eigenvalue weighted by Gasteiger charge is -2.35. The molecular weight excluding hydrogens is 532 g/mol. The zero-order valence-corrected chi connectivity index (χ0v) is 28.5. The smallest absolute Gasteiger partial charge is 0.316 e. The molecular formula is C37H58N4O2. The molecule has 0 radical (unpaired) electrons. The summed E-state index contributed by atoms with van der Waals surface area (Å²) in [6.07, 6.45) is 9.10. The summed E-state index contributed by atoms with van der Waals surface area (Å²) in [5, 5.41) is 11.6. The number of carbonyl (C=O) groups is 2. The number of nitrogens with zero attached hydrogens (tertiary/aromatic N) is 2. The largest absolute Gasteiger partial charge is 0.371 e. The van der Waals surface area contributed by atoms with Crippen LogP contribution >= 0.6 is 0 Å². The zero-order valence-electron chi connectivity index (χ0n) is 28.5. The summed E-state index contributed by atoms with van der Waals surface area (Å²) < 4.78 is 0. The number of nitriles is 1. The van der Waals surface area contributed by atoms with Crippen molar-refractivity contribution < 1.29 is 9.59 Å². The lowest BCUT2D eigenvalue weighted by molar-refractivity contribution is -0.115. The number of piperidine rings is 1. The third-order valence-corrected chi connectivity index (χ3v) is 6.42. The second-order valence-corrected chi connectivity index (χ2v) is 12.9. The predicted octanol–water partition coefficient (Wildman–Crippen LogP) is 9.83. The molecule has 1 aliphatic heterocycles. The first-order chi connectivity index (χ1) is 20.1. The Kier molecular flexibility index (Phi) is 19.4. The van der Waals surface area contributed by atoms with Gasteiger partial charge >= 0.3 is 6.03 Å². The van der Waals surface area contributed by atoms with E-state index in [9.17, 15) is 9.59 Å². The molecule has 1 fully saturated rings. The van der Waals surface area contributed by atoms with Gasteiger partial charge < -0.3 is 20.7 Å². The van der Waals surface area contributed by atoms with Crippen LogP contribution in [0.3, 0.4) is 0 Å². The van der Waals surface area contributed by atoms with E-state index in [4.69, 9.17) is 11.0 Å². The highest BCUT2D eigenvalue weighted by molar-refractivity contribution is 5.89. The Balaban J connectivity index is 0.000000908. The van der Waals surface area contributed by atoms with Gasteiger partial charge in [-0.1, -0.05) is 104 Å². The second-order valence-electron chi connectivity index (χ2n) is 12.9. The van der Waals surface area contributed by atoms with Gasteiger partial charge in [0.2, 0.25) is 0 Å². The van der Waals surface area contributed by atoms with E-state index in [1.54, 1.807) is 0 Å². The molecule has 0 bridgehead atoms. The molecule has 1 heterocycles. The SMILES string of the molecule is C=C(c1ccc(C)c(NC(N)=O)c1)N1CCC(c2ccc(C#N)cc2)CC1.CC(C)(C)C.CC(C)=O.CCCCCCC. The van der Waals surface area contributed by atoms with E-state index in [1.807, 2.05) is 37.3 Å². The lowest BCUT2D eigenvalue weighted by atomic mass is 9.88. The Hall–Kier alpha value is -3.59. The van der Waals surface area contributed by atoms with Crippen molar-refractivity contribution in [1.82, 2.24) is 4.90 Å². The van der Waals surface area contributed by atoms with Crippen molar-refractivity contribution in [2.75, 3.05) is 18.4 Å². The molecule has 2 aromatic rings. The fourth-order valence-electron chi connectivity index (χ4n) is 4.24. The molecule has 3 rings (SSSR count). The van der Waals surface area contributed by atoms with Crippen LogP contribution in [0.1, 0.15) is 129 Å². The number of likely N-dealkylation sites (tertiary alicyclic amines) is 1. The molecule has 0 unspecified atom stereocenters. The quantitative estimate of drug-likeness (QED) is 0.299. The van der Waals surface area contributed by atoms with E-state index in [0.29, 0.717) is 22.6 Å². The molecule has 3 N–H and O–H groups in total. The number of Topliss-reactive ketones (excluding diaryl/α,β-unsaturated/α-hetero) is 1. The fourth-order valence-corrected chi connectivity index (χ4v) is 4.24. The average molecular weight is 591 g/mol. The van der Waals surface area contributed by atoms with Crippen LogP contribution in [-0.4, -0.2) is 29.8 Å². The number of primary amides is 1. The molecule has 0 atom stereocenters. The van der Waals surface area contributed by atoms with E-state index in [2.05, 4.69) is 76.5 Å². The Bertz CT molecular complexity index is 1130. The van der Waals surface area contributed by atoms with Crippen molar-refractivity contribution in [2.24, 2.45) is 11.1 Å². The predicted molar refractivity (Wildman–Crippen MR) is 184 cm³/mol. The van der Waals surface area contributed by atoms with Gasteiger partial charge in [-0.15, -0.1) is 0 Å². The van der Waals surface area contributed by atoms with Gasteiger partial charge in [-0.25, -0.2) is 4.79 Å². The number of anilines is 1. The number of rotatable bonds is 8. The normalized spacial score (nSPS) is 12.6. The molecule has 0 spiro atoms. The fraction of sp³-hybridized carbons (Fsp3) is 0.541. The molecule has 2 amide bonds. The molecule has 6 nitrogen and oxygen atoms in total. The number of hydrogen-bond donors (Lipinski definition) is 2. The topological polar surface area (TPSA) is 99.2 Å². The monoisotopic (exact) mass is 590 g/mol. The first-order valence-electron chi connectivity index (χ1n) is 15.7. The van der Waals surface area contributed by atoms with Crippen molar-refractivity contribution in [3.05, 3.63) is 71.3 Å². The number of benzene rings is 2. The third kappa shape index (κ3) is 19.3. The Morgan fingerprint density at radius 3 is 1.88 bits per heavy atom. The van der Waals surface area contributed by atoms with Gasteiger partial charge in [0.25, 0.3) is 0 Å². The minimum absolute atomic E-state index is 0.167. The molecule has 1 aliphatic rings. The Morgan fingerprint density at radius 1 is 0.977 bits per heavy atom. The summed E-state index contributed by atoms with van der Waals surface area (Å²) in [5.74, 6) is 0.673. The van der Waals surface area contributed by atoms with E-state index < -0.39 is 6.03 Å². The van der Waals surface area contributed by atoms with Crippen LogP contribution in [0.5, 0.6) is 0 Å². The van der Waals surface area contributed by atoms with Crippen molar-refractivity contribution in [1.29, 1.82) is 5.26 Å². The molecule has 0 saturated carbocycles. The van der Waals surface area contributed by atoms with Gasteiger partial charge in [-0.2, -0.15) is 5.26 Å². The molecule has 1 saturated heterocycles. The highest BCUT2D eigenvalue weighted by Gasteiger charge is 2.22. The van der Waals surface area contributed by atoms with E-state index in [1.165, 1.54) is 51.5 Å². The first-order valence-corrected chi connectivity index (χ1v) is 15.7. The van der Waals surface area contributed by atoms with E-state index >= 15 is 0 Å². The van der Waals surface area contributed by atoms with Gasteiger partial charge in [0.1, 0.15) is 5.78 Å². The highest BCUT2D eigenvalue weighted by atomic mass is 16.2.